The van der Waals surface area contributed by atoms with E-state index in [2.05, 4.69) is 4.98 Å². The Bertz CT molecular complexity index is 795. The topological polar surface area (TPSA) is 64.8 Å². The summed E-state index contributed by atoms with van der Waals surface area (Å²) in [5.74, 6) is 1.07. The van der Waals surface area contributed by atoms with Gasteiger partial charge in [0.2, 0.25) is 0 Å². The second-order valence-electron chi connectivity index (χ2n) is 7.30. The van der Waals surface area contributed by atoms with Crippen LogP contribution in [0.15, 0.2) is 34.7 Å². The molecule has 2 aromatic heterocycles. The van der Waals surface area contributed by atoms with Gasteiger partial charge >= 0.3 is 0 Å². The first-order chi connectivity index (χ1) is 12.5. The maximum Gasteiger partial charge on any atom is 0.289 e. The summed E-state index contributed by atoms with van der Waals surface area (Å²) in [5.41, 5.74) is 1.67. The smallest absolute Gasteiger partial charge is 0.289 e. The minimum atomic E-state index is -0.278. The molecular formula is C20H24N2O4. The Kier molecular flexibility index (Phi) is 4.54. The summed E-state index contributed by atoms with van der Waals surface area (Å²) in [6, 6.07) is 9.50. The van der Waals surface area contributed by atoms with E-state index in [9.17, 15) is 4.79 Å². The predicted molar refractivity (Wildman–Crippen MR) is 94.8 cm³/mol. The first kappa shape index (κ1) is 17.2. The highest BCUT2D eigenvalue weighted by molar-refractivity contribution is 5.92. The number of nitrogens with zero attached hydrogens (tertiary/aromatic N) is 2. The molecular weight excluding hydrogens is 332 g/mol. The minimum Gasteiger partial charge on any atom is -0.456 e. The number of rotatable bonds is 4. The zero-order chi connectivity index (χ0) is 18.1. The average molecular weight is 356 g/mol. The highest BCUT2D eigenvalue weighted by Crippen LogP contribution is 2.36. The summed E-state index contributed by atoms with van der Waals surface area (Å²) in [5, 5.41) is 0. The lowest BCUT2D eigenvalue weighted by Crippen LogP contribution is -2.67. The second kappa shape index (κ2) is 6.85. The number of hydrogen-bond donors (Lipinski definition) is 0. The number of aromatic nitrogens is 1. The van der Waals surface area contributed by atoms with Crippen molar-refractivity contribution in [2.45, 2.75) is 45.0 Å². The van der Waals surface area contributed by atoms with Crippen molar-refractivity contribution < 1.29 is 18.7 Å². The largest absolute Gasteiger partial charge is 0.456 e. The van der Waals surface area contributed by atoms with Crippen LogP contribution in [0.2, 0.25) is 0 Å². The van der Waals surface area contributed by atoms with E-state index in [4.69, 9.17) is 13.9 Å². The summed E-state index contributed by atoms with van der Waals surface area (Å²) in [4.78, 5) is 18.7. The molecule has 1 spiro atoms. The number of aryl methyl sites for hydroxylation is 2. The molecule has 0 bridgehead atoms. The number of likely N-dealkylation sites (tertiary alicyclic amines) is 1. The molecule has 2 saturated heterocycles. The first-order valence-electron chi connectivity index (χ1n) is 9.07. The molecule has 4 heterocycles. The highest BCUT2D eigenvalue weighted by atomic mass is 16.5. The lowest BCUT2D eigenvalue weighted by molar-refractivity contribution is -0.188. The molecule has 138 valence electrons. The van der Waals surface area contributed by atoms with Gasteiger partial charge in [-0.2, -0.15) is 0 Å². The third kappa shape index (κ3) is 3.52. The average Bonchev–Trinajstić information content (AvgIpc) is 3.04. The van der Waals surface area contributed by atoms with Gasteiger partial charge in [-0.3, -0.25) is 9.78 Å². The highest BCUT2D eigenvalue weighted by Gasteiger charge is 2.50. The SMILES string of the molecule is Cc1cccc(CO[C@H]2CCOC3(C2)CN(C(=O)c2ccc(C)o2)C3)n1. The van der Waals surface area contributed by atoms with Gasteiger partial charge in [-0.25, -0.2) is 0 Å². The van der Waals surface area contributed by atoms with Crippen molar-refractivity contribution in [3.05, 3.63) is 53.2 Å². The predicted octanol–water partition coefficient (Wildman–Crippen LogP) is 2.88. The second-order valence-corrected chi connectivity index (χ2v) is 7.30. The number of carbonyl (C=O) groups is 1. The Morgan fingerprint density at radius 3 is 2.88 bits per heavy atom. The minimum absolute atomic E-state index is 0.0701. The molecule has 26 heavy (non-hydrogen) atoms. The van der Waals surface area contributed by atoms with Crippen LogP contribution in [0.5, 0.6) is 0 Å². The van der Waals surface area contributed by atoms with Crippen molar-refractivity contribution >= 4 is 5.91 Å². The number of pyridine rings is 1. The van der Waals surface area contributed by atoms with Crippen LogP contribution in [-0.4, -0.2) is 47.2 Å². The fraction of sp³-hybridized carbons (Fsp3) is 0.500. The Hall–Kier alpha value is -2.18. The zero-order valence-corrected chi connectivity index (χ0v) is 15.2. The van der Waals surface area contributed by atoms with Crippen LogP contribution in [-0.2, 0) is 16.1 Å². The molecule has 2 aliphatic heterocycles. The fourth-order valence-corrected chi connectivity index (χ4v) is 3.73. The van der Waals surface area contributed by atoms with Gasteiger partial charge in [0, 0.05) is 18.7 Å². The molecule has 2 aliphatic rings. The number of hydrogen-bond acceptors (Lipinski definition) is 5. The summed E-state index contributed by atoms with van der Waals surface area (Å²) in [6.07, 6.45) is 1.81. The van der Waals surface area contributed by atoms with Gasteiger partial charge in [0.05, 0.1) is 31.5 Å². The van der Waals surface area contributed by atoms with Crippen LogP contribution < -0.4 is 0 Å². The number of amides is 1. The van der Waals surface area contributed by atoms with Crippen LogP contribution in [0.3, 0.4) is 0 Å². The van der Waals surface area contributed by atoms with E-state index < -0.39 is 0 Å². The number of ether oxygens (including phenoxy) is 2. The quantitative estimate of drug-likeness (QED) is 0.843. The Morgan fingerprint density at radius 2 is 2.15 bits per heavy atom. The molecule has 0 radical (unpaired) electrons. The van der Waals surface area contributed by atoms with Crippen molar-refractivity contribution in [3.8, 4) is 0 Å². The molecule has 0 saturated carbocycles. The van der Waals surface area contributed by atoms with E-state index in [1.165, 1.54) is 0 Å². The summed E-state index contributed by atoms with van der Waals surface area (Å²) >= 11 is 0. The molecule has 4 rings (SSSR count). The van der Waals surface area contributed by atoms with Gasteiger partial charge in [-0.1, -0.05) is 6.07 Å². The molecule has 1 amide bonds. The van der Waals surface area contributed by atoms with Gasteiger partial charge in [-0.05, 0) is 44.5 Å². The molecule has 0 aromatic carbocycles. The summed E-state index contributed by atoms with van der Waals surface area (Å²) < 4.78 is 17.5. The molecule has 2 aromatic rings. The number of furan rings is 1. The molecule has 0 aliphatic carbocycles. The normalized spacial score (nSPS) is 21.6. The standard InChI is InChI=1S/C20H24N2O4/c1-14-4-3-5-16(21-14)11-24-17-8-9-25-20(10-17)12-22(13-20)19(23)18-7-6-15(2)26-18/h3-7,17H,8-13H2,1-2H3/t17-/m0/s1. The van der Waals surface area contributed by atoms with Crippen LogP contribution in [0.25, 0.3) is 0 Å². The van der Waals surface area contributed by atoms with Crippen LogP contribution in [0.4, 0.5) is 0 Å². The van der Waals surface area contributed by atoms with Gasteiger partial charge in [0.25, 0.3) is 5.91 Å². The number of carbonyl (C=O) groups excluding carboxylic acids is 1. The molecule has 0 unspecified atom stereocenters. The van der Waals surface area contributed by atoms with E-state index in [0.717, 1.165) is 30.0 Å². The zero-order valence-electron chi connectivity index (χ0n) is 15.2. The van der Waals surface area contributed by atoms with Crippen LogP contribution in [0, 0.1) is 13.8 Å². The Labute approximate surface area is 153 Å². The van der Waals surface area contributed by atoms with Crippen LogP contribution >= 0.6 is 0 Å². The van der Waals surface area contributed by atoms with Crippen molar-refractivity contribution in [2.24, 2.45) is 0 Å². The van der Waals surface area contributed by atoms with E-state index in [1.54, 1.807) is 11.0 Å². The van der Waals surface area contributed by atoms with Crippen molar-refractivity contribution in [3.63, 3.8) is 0 Å². The van der Waals surface area contributed by atoms with E-state index in [0.29, 0.717) is 32.1 Å². The summed E-state index contributed by atoms with van der Waals surface area (Å²) in [7, 11) is 0. The maximum absolute atomic E-state index is 12.4. The molecule has 1 atom stereocenters. The lowest BCUT2D eigenvalue weighted by atomic mass is 9.84. The Balaban J connectivity index is 1.31. The van der Waals surface area contributed by atoms with E-state index in [-0.39, 0.29) is 17.6 Å². The first-order valence-corrected chi connectivity index (χ1v) is 9.07. The van der Waals surface area contributed by atoms with Crippen molar-refractivity contribution in [2.75, 3.05) is 19.7 Å². The third-order valence-electron chi connectivity index (χ3n) is 5.06. The van der Waals surface area contributed by atoms with E-state index in [1.807, 2.05) is 38.1 Å². The van der Waals surface area contributed by atoms with Crippen molar-refractivity contribution in [1.82, 2.24) is 9.88 Å². The maximum atomic E-state index is 12.4. The lowest BCUT2D eigenvalue weighted by Gasteiger charge is -2.52. The fourth-order valence-electron chi connectivity index (χ4n) is 3.73. The van der Waals surface area contributed by atoms with Crippen molar-refractivity contribution in [1.29, 1.82) is 0 Å². The molecule has 6 heteroatoms. The van der Waals surface area contributed by atoms with Gasteiger partial charge in [0.1, 0.15) is 11.4 Å². The van der Waals surface area contributed by atoms with E-state index >= 15 is 0 Å². The third-order valence-corrected chi connectivity index (χ3v) is 5.06. The molecule has 2 fully saturated rings. The van der Waals surface area contributed by atoms with Crippen LogP contribution in [0.1, 0.15) is 40.5 Å². The monoisotopic (exact) mass is 356 g/mol. The summed E-state index contributed by atoms with van der Waals surface area (Å²) in [6.45, 7) is 6.17. The molecule has 6 nitrogen and oxygen atoms in total. The van der Waals surface area contributed by atoms with Gasteiger partial charge in [0.15, 0.2) is 5.76 Å². The Morgan fingerprint density at radius 1 is 1.31 bits per heavy atom. The molecule has 0 N–H and O–H groups in total. The van der Waals surface area contributed by atoms with Gasteiger partial charge in [-0.15, -0.1) is 0 Å². The van der Waals surface area contributed by atoms with Gasteiger partial charge < -0.3 is 18.8 Å².